The highest BCUT2D eigenvalue weighted by atomic mass is 79.9. The lowest BCUT2D eigenvalue weighted by molar-refractivity contribution is 0.103. The molecular formula is C15H9BrN2O. The second kappa shape index (κ2) is 4.90. The van der Waals surface area contributed by atoms with Crippen molar-refractivity contribution in [2.75, 3.05) is 0 Å². The van der Waals surface area contributed by atoms with Crippen molar-refractivity contribution >= 4 is 32.6 Å². The number of aromatic nitrogens is 2. The summed E-state index contributed by atoms with van der Waals surface area (Å²) in [6.07, 6.45) is 3.19. The van der Waals surface area contributed by atoms with Crippen molar-refractivity contribution in [2.45, 2.75) is 0 Å². The van der Waals surface area contributed by atoms with Crippen LogP contribution < -0.4 is 0 Å². The van der Waals surface area contributed by atoms with Crippen LogP contribution in [0.3, 0.4) is 0 Å². The first-order valence-electron chi connectivity index (χ1n) is 5.76. The Hall–Kier alpha value is -2.07. The standard InChI is InChI=1S/C15H9BrN2O/c16-12-5-3-7-17-14(12)15(19)11-8-10-4-1-2-6-13(10)18-9-11/h1-9H. The molecule has 0 saturated carbocycles. The average Bonchev–Trinajstić information content (AvgIpc) is 2.46. The molecule has 0 saturated heterocycles. The van der Waals surface area contributed by atoms with Gasteiger partial charge < -0.3 is 0 Å². The Morgan fingerprint density at radius 2 is 1.89 bits per heavy atom. The zero-order valence-electron chi connectivity index (χ0n) is 9.88. The fourth-order valence-electron chi connectivity index (χ4n) is 1.88. The third-order valence-electron chi connectivity index (χ3n) is 2.83. The quantitative estimate of drug-likeness (QED) is 0.679. The minimum absolute atomic E-state index is 0.134. The molecule has 3 nitrogen and oxygen atoms in total. The summed E-state index contributed by atoms with van der Waals surface area (Å²) in [5.41, 5.74) is 1.82. The predicted molar refractivity (Wildman–Crippen MR) is 77.1 cm³/mol. The van der Waals surface area contributed by atoms with Gasteiger partial charge in [-0.15, -0.1) is 0 Å². The smallest absolute Gasteiger partial charge is 0.214 e. The number of nitrogens with zero attached hydrogens (tertiary/aromatic N) is 2. The molecule has 3 rings (SSSR count). The van der Waals surface area contributed by atoms with Gasteiger partial charge in [0.25, 0.3) is 0 Å². The van der Waals surface area contributed by atoms with Gasteiger partial charge in [0.05, 0.1) is 5.52 Å². The molecule has 0 atom stereocenters. The number of halogens is 1. The molecule has 3 aromatic rings. The van der Waals surface area contributed by atoms with Crippen LogP contribution in [0.15, 0.2) is 59.3 Å². The molecule has 2 heterocycles. The van der Waals surface area contributed by atoms with Crippen LogP contribution in [0, 0.1) is 0 Å². The van der Waals surface area contributed by atoms with Crippen molar-refractivity contribution in [1.29, 1.82) is 0 Å². The van der Waals surface area contributed by atoms with Crippen molar-refractivity contribution < 1.29 is 4.79 Å². The van der Waals surface area contributed by atoms with Gasteiger partial charge in [-0.25, -0.2) is 0 Å². The number of hydrogen-bond donors (Lipinski definition) is 0. The van der Waals surface area contributed by atoms with Gasteiger partial charge in [0.15, 0.2) is 0 Å². The SMILES string of the molecule is O=C(c1cnc2ccccc2c1)c1ncccc1Br. The largest absolute Gasteiger partial charge is 0.287 e. The van der Waals surface area contributed by atoms with Crippen LogP contribution in [0.2, 0.25) is 0 Å². The molecule has 1 aromatic carbocycles. The number of para-hydroxylation sites is 1. The summed E-state index contributed by atoms with van der Waals surface area (Å²) < 4.78 is 0.688. The van der Waals surface area contributed by atoms with Gasteiger partial charge in [-0.3, -0.25) is 14.8 Å². The van der Waals surface area contributed by atoms with E-state index in [0.717, 1.165) is 10.9 Å². The maximum Gasteiger partial charge on any atom is 0.214 e. The zero-order valence-corrected chi connectivity index (χ0v) is 11.5. The Bertz CT molecular complexity index is 771. The van der Waals surface area contributed by atoms with Gasteiger partial charge in [0.1, 0.15) is 5.69 Å². The number of hydrogen-bond acceptors (Lipinski definition) is 3. The molecule has 0 fully saturated rings. The van der Waals surface area contributed by atoms with E-state index < -0.39 is 0 Å². The highest BCUT2D eigenvalue weighted by Gasteiger charge is 2.14. The van der Waals surface area contributed by atoms with Crippen LogP contribution in [0.5, 0.6) is 0 Å². The third kappa shape index (κ3) is 2.27. The summed E-state index contributed by atoms with van der Waals surface area (Å²) in [7, 11) is 0. The van der Waals surface area contributed by atoms with E-state index in [1.54, 1.807) is 24.5 Å². The Kier molecular flexibility index (Phi) is 3.09. The first kappa shape index (κ1) is 12.0. The average molecular weight is 313 g/mol. The number of carbonyl (C=O) groups is 1. The summed E-state index contributed by atoms with van der Waals surface area (Å²) in [6.45, 7) is 0. The second-order valence-electron chi connectivity index (χ2n) is 4.08. The molecule has 0 radical (unpaired) electrons. The number of benzene rings is 1. The Balaban J connectivity index is 2.09. The molecule has 0 unspecified atom stereocenters. The predicted octanol–water partition coefficient (Wildman–Crippen LogP) is 3.62. The molecule has 0 aliphatic heterocycles. The molecule has 92 valence electrons. The van der Waals surface area contributed by atoms with Gasteiger partial charge in [-0.05, 0) is 40.2 Å². The van der Waals surface area contributed by atoms with Gasteiger partial charge in [-0.2, -0.15) is 0 Å². The van der Waals surface area contributed by atoms with E-state index in [2.05, 4.69) is 25.9 Å². The summed E-state index contributed by atoms with van der Waals surface area (Å²) in [4.78, 5) is 20.8. The summed E-state index contributed by atoms with van der Waals surface area (Å²) in [5, 5.41) is 0.945. The number of ketones is 1. The van der Waals surface area contributed by atoms with Crippen LogP contribution in [0.25, 0.3) is 10.9 Å². The molecule has 4 heteroatoms. The minimum Gasteiger partial charge on any atom is -0.287 e. The van der Waals surface area contributed by atoms with Crippen LogP contribution in [-0.2, 0) is 0 Å². The summed E-state index contributed by atoms with van der Waals surface area (Å²) in [5.74, 6) is -0.134. The van der Waals surface area contributed by atoms with Crippen LogP contribution in [0.4, 0.5) is 0 Å². The second-order valence-corrected chi connectivity index (χ2v) is 4.93. The Morgan fingerprint density at radius 1 is 1.05 bits per heavy atom. The molecule has 0 amide bonds. The van der Waals surface area contributed by atoms with Crippen molar-refractivity contribution in [3.8, 4) is 0 Å². The highest BCUT2D eigenvalue weighted by molar-refractivity contribution is 9.10. The fraction of sp³-hybridized carbons (Fsp3) is 0. The van der Waals surface area contributed by atoms with Crippen LogP contribution in [0.1, 0.15) is 16.1 Å². The maximum atomic E-state index is 12.4. The van der Waals surface area contributed by atoms with Crippen molar-refractivity contribution in [2.24, 2.45) is 0 Å². The lowest BCUT2D eigenvalue weighted by Crippen LogP contribution is -2.05. The molecule has 0 bridgehead atoms. The van der Waals surface area contributed by atoms with Gasteiger partial charge >= 0.3 is 0 Å². The molecular weight excluding hydrogens is 304 g/mol. The van der Waals surface area contributed by atoms with E-state index in [0.29, 0.717) is 15.7 Å². The number of pyridine rings is 2. The highest BCUT2D eigenvalue weighted by Crippen LogP contribution is 2.19. The van der Waals surface area contributed by atoms with E-state index >= 15 is 0 Å². The maximum absolute atomic E-state index is 12.4. The van der Waals surface area contributed by atoms with Crippen molar-refractivity contribution in [3.63, 3.8) is 0 Å². The van der Waals surface area contributed by atoms with Gasteiger partial charge in [-0.1, -0.05) is 18.2 Å². The Morgan fingerprint density at radius 3 is 2.74 bits per heavy atom. The molecule has 0 spiro atoms. The first-order valence-corrected chi connectivity index (χ1v) is 6.55. The van der Waals surface area contributed by atoms with Crippen LogP contribution >= 0.6 is 15.9 Å². The molecule has 0 aliphatic carbocycles. The Labute approximate surface area is 118 Å². The zero-order chi connectivity index (χ0) is 13.2. The molecule has 0 N–H and O–H groups in total. The topological polar surface area (TPSA) is 42.9 Å². The number of carbonyl (C=O) groups excluding carboxylic acids is 1. The van der Waals surface area contributed by atoms with E-state index in [1.807, 2.05) is 30.3 Å². The van der Waals surface area contributed by atoms with E-state index in [-0.39, 0.29) is 5.78 Å². The first-order chi connectivity index (χ1) is 9.25. The van der Waals surface area contributed by atoms with E-state index in [9.17, 15) is 4.79 Å². The normalized spacial score (nSPS) is 10.6. The van der Waals surface area contributed by atoms with Gasteiger partial charge in [0, 0.05) is 27.8 Å². The third-order valence-corrected chi connectivity index (χ3v) is 3.47. The minimum atomic E-state index is -0.134. The van der Waals surface area contributed by atoms with Crippen molar-refractivity contribution in [1.82, 2.24) is 9.97 Å². The molecule has 19 heavy (non-hydrogen) atoms. The van der Waals surface area contributed by atoms with E-state index in [4.69, 9.17) is 0 Å². The molecule has 2 aromatic heterocycles. The summed E-state index contributed by atoms with van der Waals surface area (Å²) in [6, 6.07) is 13.1. The van der Waals surface area contributed by atoms with Crippen LogP contribution in [-0.4, -0.2) is 15.8 Å². The number of rotatable bonds is 2. The fourth-order valence-corrected chi connectivity index (χ4v) is 2.32. The summed E-state index contributed by atoms with van der Waals surface area (Å²) >= 11 is 3.34. The molecule has 0 aliphatic rings. The van der Waals surface area contributed by atoms with Gasteiger partial charge in [0.2, 0.25) is 5.78 Å². The number of fused-ring (bicyclic) bond motifs is 1. The monoisotopic (exact) mass is 312 g/mol. The lowest BCUT2D eigenvalue weighted by Gasteiger charge is -2.03. The van der Waals surface area contributed by atoms with E-state index in [1.165, 1.54) is 0 Å². The lowest BCUT2D eigenvalue weighted by atomic mass is 10.1. The van der Waals surface area contributed by atoms with Crippen molar-refractivity contribution in [3.05, 3.63) is 70.6 Å².